The molecule has 9 heteroatoms. The van der Waals surface area contributed by atoms with Gasteiger partial charge in [0.25, 0.3) is 12.3 Å². The molecule has 0 radical (unpaired) electrons. The number of nitrogen functional groups attached to an aromatic ring is 1. The van der Waals surface area contributed by atoms with Crippen LogP contribution in [-0.4, -0.2) is 60.6 Å². The average molecular weight is 322 g/mol. The third-order valence-electron chi connectivity index (χ3n) is 2.74. The fourth-order valence-electron chi connectivity index (χ4n) is 1.77. The van der Waals surface area contributed by atoms with Crippen LogP contribution in [0, 0.1) is 0 Å². The fourth-order valence-corrected chi connectivity index (χ4v) is 2.71. The van der Waals surface area contributed by atoms with Gasteiger partial charge in [-0.15, -0.1) is 0 Å². The Morgan fingerprint density at radius 1 is 1.48 bits per heavy atom. The van der Waals surface area contributed by atoms with E-state index in [1.165, 1.54) is 0 Å². The lowest BCUT2D eigenvalue weighted by molar-refractivity contribution is 0.0514. The van der Waals surface area contributed by atoms with Crippen LogP contribution in [0.25, 0.3) is 0 Å². The molecule has 120 valence electrons. The highest BCUT2D eigenvalue weighted by atomic mass is 32.1. The van der Waals surface area contributed by atoms with E-state index in [-0.39, 0.29) is 23.8 Å². The first kappa shape index (κ1) is 17.6. The molecule has 0 atom stereocenters. The first-order valence-corrected chi connectivity index (χ1v) is 7.38. The summed E-state index contributed by atoms with van der Waals surface area (Å²) in [7, 11) is 1.82. The predicted octanol–water partition coefficient (Wildman–Crippen LogP) is 1.27. The Kier molecular flexibility index (Phi) is 6.76. The van der Waals surface area contributed by atoms with Gasteiger partial charge >= 0.3 is 0 Å². The van der Waals surface area contributed by atoms with Gasteiger partial charge < -0.3 is 20.6 Å². The number of hydrogen-bond donors (Lipinski definition) is 2. The Morgan fingerprint density at radius 2 is 2.14 bits per heavy atom. The van der Waals surface area contributed by atoms with Gasteiger partial charge in [-0.25, -0.2) is 13.8 Å². The Morgan fingerprint density at radius 3 is 2.67 bits per heavy atom. The van der Waals surface area contributed by atoms with Crippen LogP contribution in [0.2, 0.25) is 0 Å². The molecule has 1 amide bonds. The Labute approximate surface area is 126 Å². The summed E-state index contributed by atoms with van der Waals surface area (Å²) in [5.41, 5.74) is 5.72. The van der Waals surface area contributed by atoms with E-state index in [0.29, 0.717) is 5.13 Å². The standard InChI is InChI=1S/C12H20F2N4O2S/c1-3-4-17(2)12-16-10(15)9(21-12)11(20)18(5-6-19)7-8(13)14/h8,19H,3-7,15H2,1-2H3. The van der Waals surface area contributed by atoms with Gasteiger partial charge in [-0.05, 0) is 6.42 Å². The van der Waals surface area contributed by atoms with E-state index < -0.39 is 18.9 Å². The zero-order valence-corrected chi connectivity index (χ0v) is 12.9. The lowest BCUT2D eigenvalue weighted by Gasteiger charge is -2.20. The van der Waals surface area contributed by atoms with Crippen molar-refractivity contribution in [2.75, 3.05) is 43.9 Å². The van der Waals surface area contributed by atoms with Crippen LogP contribution in [0.4, 0.5) is 19.7 Å². The molecule has 0 saturated carbocycles. The third kappa shape index (κ3) is 4.78. The summed E-state index contributed by atoms with van der Waals surface area (Å²) in [6.45, 7) is 1.46. The van der Waals surface area contributed by atoms with Crippen LogP contribution in [0.1, 0.15) is 23.0 Å². The number of halogens is 2. The SMILES string of the molecule is CCCN(C)c1nc(N)c(C(=O)N(CCO)CC(F)F)s1. The second-order valence-electron chi connectivity index (χ2n) is 4.50. The molecule has 0 unspecified atom stereocenters. The maximum atomic E-state index is 12.5. The minimum absolute atomic E-state index is 0.0279. The number of aliphatic hydroxyl groups is 1. The molecule has 0 fully saturated rings. The molecule has 0 saturated heterocycles. The molecule has 1 rings (SSSR count). The van der Waals surface area contributed by atoms with Crippen molar-refractivity contribution < 1.29 is 18.7 Å². The summed E-state index contributed by atoms with van der Waals surface area (Å²) < 4.78 is 25.0. The van der Waals surface area contributed by atoms with E-state index >= 15 is 0 Å². The molecular formula is C12H20F2N4O2S. The second kappa shape index (κ2) is 8.08. The normalized spacial score (nSPS) is 11.0. The predicted molar refractivity (Wildman–Crippen MR) is 79.1 cm³/mol. The van der Waals surface area contributed by atoms with Crippen molar-refractivity contribution in [3.63, 3.8) is 0 Å². The molecule has 0 aliphatic heterocycles. The van der Waals surface area contributed by atoms with Gasteiger partial charge in [0, 0.05) is 20.1 Å². The first-order chi connectivity index (χ1) is 9.90. The molecule has 0 aliphatic carbocycles. The maximum absolute atomic E-state index is 12.5. The Balaban J connectivity index is 2.94. The van der Waals surface area contributed by atoms with Crippen molar-refractivity contribution >= 4 is 28.2 Å². The highest BCUT2D eigenvalue weighted by Gasteiger charge is 2.25. The molecule has 3 N–H and O–H groups in total. The molecule has 21 heavy (non-hydrogen) atoms. The summed E-state index contributed by atoms with van der Waals surface area (Å²) in [6, 6.07) is 0. The third-order valence-corrected chi connectivity index (χ3v) is 3.91. The van der Waals surface area contributed by atoms with Gasteiger partial charge in [0.05, 0.1) is 13.2 Å². The molecule has 0 bridgehead atoms. The van der Waals surface area contributed by atoms with Crippen molar-refractivity contribution in [1.82, 2.24) is 9.88 Å². The van der Waals surface area contributed by atoms with Gasteiger partial charge in [0.2, 0.25) is 0 Å². The number of rotatable bonds is 8. The zero-order chi connectivity index (χ0) is 16.0. The Bertz CT molecular complexity index is 470. The number of aromatic nitrogens is 1. The smallest absolute Gasteiger partial charge is 0.268 e. The monoisotopic (exact) mass is 322 g/mol. The zero-order valence-electron chi connectivity index (χ0n) is 12.1. The minimum Gasteiger partial charge on any atom is -0.395 e. The van der Waals surface area contributed by atoms with Gasteiger partial charge in [0.1, 0.15) is 10.7 Å². The number of thiazole rings is 1. The topological polar surface area (TPSA) is 82.7 Å². The van der Waals surface area contributed by atoms with E-state index in [1.807, 2.05) is 18.9 Å². The summed E-state index contributed by atoms with van der Waals surface area (Å²) in [4.78, 5) is 19.2. The van der Waals surface area contributed by atoms with Crippen LogP contribution in [0.15, 0.2) is 0 Å². The number of alkyl halides is 2. The average Bonchev–Trinajstić information content (AvgIpc) is 2.79. The molecule has 1 aromatic rings. The number of nitrogens with two attached hydrogens (primary N) is 1. The molecule has 1 aromatic heterocycles. The lowest BCUT2D eigenvalue weighted by atomic mass is 10.4. The van der Waals surface area contributed by atoms with E-state index in [2.05, 4.69) is 4.98 Å². The van der Waals surface area contributed by atoms with Crippen molar-refractivity contribution in [3.8, 4) is 0 Å². The summed E-state index contributed by atoms with van der Waals surface area (Å²) in [5, 5.41) is 9.46. The number of hydrogen-bond acceptors (Lipinski definition) is 6. The molecule has 6 nitrogen and oxygen atoms in total. The maximum Gasteiger partial charge on any atom is 0.268 e. The molecular weight excluding hydrogens is 302 g/mol. The van der Waals surface area contributed by atoms with E-state index in [9.17, 15) is 13.6 Å². The van der Waals surface area contributed by atoms with Crippen LogP contribution < -0.4 is 10.6 Å². The van der Waals surface area contributed by atoms with Gasteiger partial charge in [0.15, 0.2) is 5.13 Å². The molecule has 0 aliphatic rings. The number of carbonyl (C=O) groups is 1. The van der Waals surface area contributed by atoms with Crippen LogP contribution in [0.3, 0.4) is 0 Å². The van der Waals surface area contributed by atoms with Crippen molar-refractivity contribution in [3.05, 3.63) is 4.88 Å². The van der Waals surface area contributed by atoms with Gasteiger partial charge in [-0.1, -0.05) is 18.3 Å². The number of amides is 1. The number of nitrogens with zero attached hydrogens (tertiary/aromatic N) is 3. The highest BCUT2D eigenvalue weighted by molar-refractivity contribution is 7.18. The largest absolute Gasteiger partial charge is 0.395 e. The minimum atomic E-state index is -2.67. The van der Waals surface area contributed by atoms with Crippen molar-refractivity contribution in [1.29, 1.82) is 0 Å². The summed E-state index contributed by atoms with van der Waals surface area (Å²) in [6.07, 6.45) is -1.77. The van der Waals surface area contributed by atoms with E-state index in [4.69, 9.17) is 10.8 Å². The number of anilines is 2. The summed E-state index contributed by atoms with van der Waals surface area (Å²) in [5.74, 6) is -0.601. The van der Waals surface area contributed by atoms with Crippen molar-refractivity contribution in [2.45, 2.75) is 19.8 Å². The second-order valence-corrected chi connectivity index (χ2v) is 5.48. The molecule has 0 spiro atoms. The lowest BCUT2D eigenvalue weighted by Crippen LogP contribution is -2.37. The molecule has 1 heterocycles. The number of carbonyl (C=O) groups excluding carboxylic acids is 1. The Hall–Kier alpha value is -1.48. The van der Waals surface area contributed by atoms with Gasteiger partial charge in [-0.2, -0.15) is 0 Å². The van der Waals surface area contributed by atoms with Gasteiger partial charge in [-0.3, -0.25) is 4.79 Å². The van der Waals surface area contributed by atoms with Crippen molar-refractivity contribution in [2.24, 2.45) is 0 Å². The van der Waals surface area contributed by atoms with Crippen LogP contribution in [0.5, 0.6) is 0 Å². The quantitative estimate of drug-likeness (QED) is 0.753. The first-order valence-electron chi connectivity index (χ1n) is 6.56. The number of aliphatic hydroxyl groups excluding tert-OH is 1. The fraction of sp³-hybridized carbons (Fsp3) is 0.667. The van der Waals surface area contributed by atoms with E-state index in [1.54, 1.807) is 0 Å². The summed E-state index contributed by atoms with van der Waals surface area (Å²) >= 11 is 1.07. The molecule has 0 aromatic carbocycles. The van der Waals surface area contributed by atoms with Crippen LogP contribution in [-0.2, 0) is 0 Å². The highest BCUT2D eigenvalue weighted by Crippen LogP contribution is 2.28. The van der Waals surface area contributed by atoms with Crippen LogP contribution >= 0.6 is 11.3 Å². The van der Waals surface area contributed by atoms with E-state index in [0.717, 1.165) is 29.2 Å².